The van der Waals surface area contributed by atoms with E-state index in [-0.39, 0.29) is 22.3 Å². The standard InChI is InChI=1S/C36H40N6O3S/c1-25-14-16-29(17-15-25)42-33(24-32(40-42)36(2,3)4)39-35(43)38-30-12-6-5-9-28(30)23-26-18-21-41(22-19-26)46(44,45)31-13-7-10-27-11-8-20-37-34(27)31/h5-17,20,24,26H,18-19,21-23H2,1-4H3,(H2,38,39,43). The Balaban J connectivity index is 1.13. The highest BCUT2D eigenvalue weighted by Crippen LogP contribution is 2.31. The summed E-state index contributed by atoms with van der Waals surface area (Å²) in [6.45, 7) is 9.19. The maximum atomic E-state index is 13.6. The lowest BCUT2D eigenvalue weighted by Crippen LogP contribution is -2.39. The van der Waals surface area contributed by atoms with Gasteiger partial charge in [0.1, 0.15) is 10.7 Å². The van der Waals surface area contributed by atoms with E-state index in [1.165, 1.54) is 0 Å². The Morgan fingerprint density at radius 3 is 2.37 bits per heavy atom. The van der Waals surface area contributed by atoms with Gasteiger partial charge in [0, 0.05) is 41.8 Å². The normalized spacial score (nSPS) is 14.8. The number of pyridine rings is 1. The summed E-state index contributed by atoms with van der Waals surface area (Å²) in [5, 5.41) is 11.7. The van der Waals surface area contributed by atoms with E-state index in [1.807, 2.05) is 79.7 Å². The first-order chi connectivity index (χ1) is 22.0. The van der Waals surface area contributed by atoms with Crippen LogP contribution >= 0.6 is 0 Å². The molecule has 0 spiro atoms. The van der Waals surface area contributed by atoms with Crippen molar-refractivity contribution in [3.8, 4) is 5.69 Å². The number of hydrogen-bond acceptors (Lipinski definition) is 5. The number of benzene rings is 3. The summed E-state index contributed by atoms with van der Waals surface area (Å²) < 4.78 is 30.5. The minimum atomic E-state index is -3.67. The third-order valence-corrected chi connectivity index (χ3v) is 10.5. The highest BCUT2D eigenvalue weighted by Gasteiger charge is 2.31. The second kappa shape index (κ2) is 12.7. The molecule has 0 radical (unpaired) electrons. The highest BCUT2D eigenvalue weighted by atomic mass is 32.2. The molecule has 10 heteroatoms. The second-order valence-electron chi connectivity index (χ2n) is 13.0. The molecule has 2 N–H and O–H groups in total. The maximum Gasteiger partial charge on any atom is 0.324 e. The maximum absolute atomic E-state index is 13.6. The summed E-state index contributed by atoms with van der Waals surface area (Å²) in [7, 11) is -3.67. The van der Waals surface area contributed by atoms with Gasteiger partial charge in [0.15, 0.2) is 0 Å². The minimum absolute atomic E-state index is 0.198. The van der Waals surface area contributed by atoms with Crippen molar-refractivity contribution < 1.29 is 13.2 Å². The van der Waals surface area contributed by atoms with Crippen LogP contribution in [0.3, 0.4) is 0 Å². The predicted octanol–water partition coefficient (Wildman–Crippen LogP) is 7.31. The molecule has 238 valence electrons. The van der Waals surface area contributed by atoms with Crippen molar-refractivity contribution in [2.45, 2.75) is 57.3 Å². The van der Waals surface area contributed by atoms with E-state index in [2.05, 4.69) is 36.4 Å². The molecular weight excluding hydrogens is 597 g/mol. The van der Waals surface area contributed by atoms with Crippen LogP contribution in [-0.4, -0.2) is 46.6 Å². The lowest BCUT2D eigenvalue weighted by atomic mass is 9.90. The Morgan fingerprint density at radius 1 is 0.913 bits per heavy atom. The van der Waals surface area contributed by atoms with Gasteiger partial charge in [-0.1, -0.05) is 74.9 Å². The number of hydrogen-bond donors (Lipinski definition) is 2. The zero-order chi connectivity index (χ0) is 32.5. The number of nitrogens with one attached hydrogen (secondary N) is 2. The Kier molecular flexibility index (Phi) is 8.67. The number of nitrogens with zero attached hydrogens (tertiary/aromatic N) is 4. The highest BCUT2D eigenvalue weighted by molar-refractivity contribution is 7.89. The molecule has 9 nitrogen and oxygen atoms in total. The summed E-state index contributed by atoms with van der Waals surface area (Å²) in [5.74, 6) is 0.860. The molecule has 0 aliphatic carbocycles. The van der Waals surface area contributed by atoms with Crippen LogP contribution in [-0.2, 0) is 21.9 Å². The van der Waals surface area contributed by atoms with Gasteiger partial charge >= 0.3 is 6.03 Å². The van der Waals surface area contributed by atoms with Gasteiger partial charge in [0.05, 0.1) is 16.9 Å². The average Bonchev–Trinajstić information content (AvgIpc) is 3.46. The van der Waals surface area contributed by atoms with Crippen molar-refractivity contribution in [3.05, 3.63) is 108 Å². The van der Waals surface area contributed by atoms with Gasteiger partial charge in [0.2, 0.25) is 10.0 Å². The molecule has 2 aromatic heterocycles. The Morgan fingerprint density at radius 2 is 1.63 bits per heavy atom. The summed E-state index contributed by atoms with van der Waals surface area (Å²) in [6.07, 6.45) is 3.81. The molecule has 6 rings (SSSR count). The van der Waals surface area contributed by atoms with Gasteiger partial charge in [-0.05, 0) is 68.0 Å². The first kappa shape index (κ1) is 31.4. The number of carbonyl (C=O) groups is 1. The molecule has 46 heavy (non-hydrogen) atoms. The quantitative estimate of drug-likeness (QED) is 0.195. The van der Waals surface area contributed by atoms with E-state index in [0.717, 1.165) is 52.8 Å². The van der Waals surface area contributed by atoms with E-state index in [0.29, 0.717) is 24.4 Å². The fourth-order valence-electron chi connectivity index (χ4n) is 5.90. The number of fused-ring (bicyclic) bond motifs is 1. The van der Waals surface area contributed by atoms with Gasteiger partial charge in [-0.25, -0.2) is 17.9 Å². The molecule has 1 saturated heterocycles. The topological polar surface area (TPSA) is 109 Å². The van der Waals surface area contributed by atoms with Crippen LogP contribution in [0.4, 0.5) is 16.3 Å². The van der Waals surface area contributed by atoms with E-state index in [4.69, 9.17) is 5.10 Å². The Bertz CT molecular complexity index is 1970. The fraction of sp³-hybridized carbons (Fsp3) is 0.306. The second-order valence-corrected chi connectivity index (χ2v) is 14.9. The van der Waals surface area contributed by atoms with Crippen LogP contribution in [0.5, 0.6) is 0 Å². The molecule has 2 amide bonds. The molecular formula is C36H40N6O3S. The Hall–Kier alpha value is -4.54. The number of sulfonamides is 1. The SMILES string of the molecule is Cc1ccc(-n2nc(C(C)(C)C)cc2NC(=O)Nc2ccccc2CC2CCN(S(=O)(=O)c3cccc4cccnc34)CC2)cc1. The van der Waals surface area contributed by atoms with Gasteiger partial charge in [-0.3, -0.25) is 10.3 Å². The number of carbonyl (C=O) groups excluding carboxylic acids is 1. The summed E-state index contributed by atoms with van der Waals surface area (Å²) >= 11 is 0. The first-order valence-electron chi connectivity index (χ1n) is 15.7. The van der Waals surface area contributed by atoms with Gasteiger partial charge in [-0.15, -0.1) is 0 Å². The average molecular weight is 637 g/mol. The third-order valence-electron chi connectivity index (χ3n) is 8.56. The van der Waals surface area contributed by atoms with Crippen LogP contribution in [0.1, 0.15) is 50.4 Å². The predicted molar refractivity (Wildman–Crippen MR) is 183 cm³/mol. The molecule has 3 aromatic carbocycles. The van der Waals surface area contributed by atoms with E-state index >= 15 is 0 Å². The van der Waals surface area contributed by atoms with Gasteiger partial charge in [0.25, 0.3) is 0 Å². The van der Waals surface area contributed by atoms with Crippen molar-refractivity contribution in [2.75, 3.05) is 23.7 Å². The number of aromatic nitrogens is 3. The van der Waals surface area contributed by atoms with Crippen molar-refractivity contribution in [2.24, 2.45) is 5.92 Å². The van der Waals surface area contributed by atoms with Crippen LogP contribution in [0.15, 0.2) is 96.0 Å². The van der Waals surface area contributed by atoms with Crippen molar-refractivity contribution in [1.82, 2.24) is 19.1 Å². The van der Waals surface area contributed by atoms with Crippen LogP contribution in [0.2, 0.25) is 0 Å². The Labute approximate surface area is 270 Å². The zero-order valence-electron chi connectivity index (χ0n) is 26.7. The van der Waals surface area contributed by atoms with Crippen molar-refractivity contribution in [1.29, 1.82) is 0 Å². The molecule has 3 heterocycles. The van der Waals surface area contributed by atoms with E-state index in [9.17, 15) is 13.2 Å². The number of aryl methyl sites for hydroxylation is 1. The number of urea groups is 1. The van der Waals surface area contributed by atoms with E-state index in [1.54, 1.807) is 27.3 Å². The molecule has 0 saturated carbocycles. The van der Waals surface area contributed by atoms with Crippen molar-refractivity contribution >= 4 is 38.5 Å². The molecule has 0 atom stereocenters. The number of anilines is 2. The number of amides is 2. The molecule has 5 aromatic rings. The summed E-state index contributed by atoms with van der Waals surface area (Å²) in [5.41, 5.74) is 4.92. The zero-order valence-corrected chi connectivity index (χ0v) is 27.5. The first-order valence-corrected chi connectivity index (χ1v) is 17.1. The summed E-state index contributed by atoms with van der Waals surface area (Å²) in [6, 6.07) is 26.3. The third kappa shape index (κ3) is 6.68. The number of piperidine rings is 1. The fourth-order valence-corrected chi connectivity index (χ4v) is 7.53. The number of para-hydroxylation sites is 2. The summed E-state index contributed by atoms with van der Waals surface area (Å²) in [4.78, 5) is 18.0. The van der Waals surface area contributed by atoms with Gasteiger partial charge in [-0.2, -0.15) is 9.40 Å². The van der Waals surface area contributed by atoms with Crippen LogP contribution in [0, 0.1) is 12.8 Å². The van der Waals surface area contributed by atoms with Gasteiger partial charge < -0.3 is 5.32 Å². The van der Waals surface area contributed by atoms with E-state index < -0.39 is 10.0 Å². The lowest BCUT2D eigenvalue weighted by molar-refractivity contribution is 0.261. The number of rotatable bonds is 7. The molecule has 1 aliphatic rings. The minimum Gasteiger partial charge on any atom is -0.307 e. The largest absolute Gasteiger partial charge is 0.324 e. The smallest absolute Gasteiger partial charge is 0.307 e. The molecule has 1 aliphatic heterocycles. The monoisotopic (exact) mass is 636 g/mol. The molecule has 0 bridgehead atoms. The molecule has 1 fully saturated rings. The van der Waals surface area contributed by atoms with Crippen LogP contribution < -0.4 is 10.6 Å². The van der Waals surface area contributed by atoms with Crippen molar-refractivity contribution in [3.63, 3.8) is 0 Å². The van der Waals surface area contributed by atoms with Crippen LogP contribution in [0.25, 0.3) is 16.6 Å². The molecule has 0 unspecified atom stereocenters. The lowest BCUT2D eigenvalue weighted by Gasteiger charge is -2.31.